The molecule has 3 unspecified atom stereocenters. The average molecular weight is 313 g/mol. The average Bonchev–Trinajstić information content (AvgIpc) is 2.59. The van der Waals surface area contributed by atoms with Gasteiger partial charge in [-0.2, -0.15) is 0 Å². The maximum absolute atomic E-state index is 11.1. The van der Waals surface area contributed by atoms with E-state index in [2.05, 4.69) is 0 Å². The lowest BCUT2D eigenvalue weighted by Crippen LogP contribution is -2.30. The quantitative estimate of drug-likeness (QED) is 0.812. The van der Waals surface area contributed by atoms with Crippen LogP contribution >= 0.6 is 0 Å². The van der Waals surface area contributed by atoms with Gasteiger partial charge in [0.2, 0.25) is 5.91 Å². The molecule has 2 aromatic carbocycles. The normalized spacial score (nSPS) is 14.9. The Morgan fingerprint density at radius 2 is 1.48 bits per heavy atom. The molecule has 4 heteroatoms. The molecule has 2 N–H and O–H groups in total. The van der Waals surface area contributed by atoms with Crippen LogP contribution in [-0.4, -0.2) is 18.6 Å². The van der Waals surface area contributed by atoms with Gasteiger partial charge in [0.1, 0.15) is 12.2 Å². The van der Waals surface area contributed by atoms with E-state index in [1.807, 2.05) is 67.6 Å². The number of primary amides is 1. The molecule has 0 spiro atoms. The Bertz CT molecular complexity index is 601. The molecule has 0 radical (unpaired) electrons. The smallest absolute Gasteiger partial charge is 0.246 e. The zero-order chi connectivity index (χ0) is 16.7. The molecule has 0 heterocycles. The van der Waals surface area contributed by atoms with Crippen LogP contribution in [0.25, 0.3) is 0 Å². The number of carbonyl (C=O) groups is 1. The number of hydrogen-bond donors (Lipinski definition) is 1. The molecule has 2 aromatic rings. The number of nitrogens with two attached hydrogens (primary N) is 1. The topological polar surface area (TPSA) is 61.6 Å². The van der Waals surface area contributed by atoms with Gasteiger partial charge in [-0.15, -0.1) is 0 Å². The van der Waals surface area contributed by atoms with Crippen molar-refractivity contribution < 1.29 is 14.3 Å². The number of ether oxygens (including phenoxy) is 2. The van der Waals surface area contributed by atoms with Crippen molar-refractivity contribution >= 4 is 5.91 Å². The van der Waals surface area contributed by atoms with Crippen LogP contribution < -0.4 is 5.73 Å². The molecule has 2 rings (SSSR count). The van der Waals surface area contributed by atoms with Crippen molar-refractivity contribution in [2.45, 2.75) is 32.2 Å². The Kier molecular flexibility index (Phi) is 6.32. The van der Waals surface area contributed by atoms with E-state index < -0.39 is 12.0 Å². The monoisotopic (exact) mass is 313 g/mol. The lowest BCUT2D eigenvalue weighted by molar-refractivity contribution is -0.132. The number of benzene rings is 2. The summed E-state index contributed by atoms with van der Waals surface area (Å²) in [6.07, 6.45) is -1.00. The summed E-state index contributed by atoms with van der Waals surface area (Å²) >= 11 is 0. The van der Waals surface area contributed by atoms with E-state index in [0.29, 0.717) is 0 Å². The van der Waals surface area contributed by atoms with Crippen LogP contribution in [0.4, 0.5) is 0 Å². The van der Waals surface area contributed by atoms with E-state index >= 15 is 0 Å². The first-order valence-corrected chi connectivity index (χ1v) is 7.74. The SMILES string of the molecule is CC(OCC(OC(C)c1ccccc1)c1ccccc1)C(N)=O. The van der Waals surface area contributed by atoms with Crippen molar-refractivity contribution in [1.82, 2.24) is 0 Å². The van der Waals surface area contributed by atoms with Crippen molar-refractivity contribution in [3.63, 3.8) is 0 Å². The first kappa shape index (κ1) is 17.2. The number of rotatable bonds is 8. The van der Waals surface area contributed by atoms with Crippen molar-refractivity contribution in [2.75, 3.05) is 6.61 Å². The maximum atomic E-state index is 11.1. The van der Waals surface area contributed by atoms with Gasteiger partial charge in [-0.3, -0.25) is 4.79 Å². The molecular formula is C19H23NO3. The largest absolute Gasteiger partial charge is 0.367 e. The molecule has 0 aliphatic rings. The molecule has 0 saturated heterocycles. The predicted molar refractivity (Wildman–Crippen MR) is 89.7 cm³/mol. The van der Waals surface area contributed by atoms with Crippen LogP contribution in [0.15, 0.2) is 60.7 Å². The van der Waals surface area contributed by atoms with Gasteiger partial charge in [0.25, 0.3) is 0 Å². The van der Waals surface area contributed by atoms with Gasteiger partial charge in [-0.1, -0.05) is 60.7 Å². The molecule has 0 aliphatic carbocycles. The molecule has 0 fully saturated rings. The molecule has 0 aromatic heterocycles. The lowest BCUT2D eigenvalue weighted by atomic mass is 10.1. The van der Waals surface area contributed by atoms with Gasteiger partial charge in [-0.05, 0) is 25.0 Å². The Morgan fingerprint density at radius 1 is 0.957 bits per heavy atom. The fraction of sp³-hybridized carbons (Fsp3) is 0.316. The summed E-state index contributed by atoms with van der Waals surface area (Å²) in [6.45, 7) is 3.92. The summed E-state index contributed by atoms with van der Waals surface area (Å²) in [5.41, 5.74) is 7.35. The predicted octanol–water partition coefficient (Wildman–Crippen LogP) is 3.40. The summed E-state index contributed by atoms with van der Waals surface area (Å²) in [5, 5.41) is 0. The number of amides is 1. The minimum Gasteiger partial charge on any atom is -0.367 e. The molecule has 3 atom stereocenters. The van der Waals surface area contributed by atoms with E-state index in [4.69, 9.17) is 15.2 Å². The Balaban J connectivity index is 2.09. The van der Waals surface area contributed by atoms with Gasteiger partial charge in [0.15, 0.2) is 0 Å². The third-order valence-corrected chi connectivity index (χ3v) is 3.71. The Hall–Kier alpha value is -2.17. The third-order valence-electron chi connectivity index (χ3n) is 3.71. The lowest BCUT2D eigenvalue weighted by Gasteiger charge is -2.24. The van der Waals surface area contributed by atoms with Crippen molar-refractivity contribution in [2.24, 2.45) is 5.73 Å². The van der Waals surface area contributed by atoms with Crippen LogP contribution in [0, 0.1) is 0 Å². The van der Waals surface area contributed by atoms with E-state index in [9.17, 15) is 4.79 Å². The molecule has 23 heavy (non-hydrogen) atoms. The highest BCUT2D eigenvalue weighted by molar-refractivity contribution is 5.78. The fourth-order valence-corrected chi connectivity index (χ4v) is 2.24. The maximum Gasteiger partial charge on any atom is 0.246 e. The summed E-state index contributed by atoms with van der Waals surface area (Å²) < 4.78 is 11.7. The minimum atomic E-state index is -0.642. The van der Waals surface area contributed by atoms with E-state index in [1.54, 1.807) is 6.92 Å². The second-order valence-corrected chi connectivity index (χ2v) is 5.47. The zero-order valence-corrected chi connectivity index (χ0v) is 13.5. The van der Waals surface area contributed by atoms with Crippen molar-refractivity contribution in [1.29, 1.82) is 0 Å². The summed E-state index contributed by atoms with van der Waals surface area (Å²) in [7, 11) is 0. The van der Waals surface area contributed by atoms with Gasteiger partial charge in [0, 0.05) is 0 Å². The van der Waals surface area contributed by atoms with Gasteiger partial charge < -0.3 is 15.2 Å². The highest BCUT2D eigenvalue weighted by atomic mass is 16.5. The van der Waals surface area contributed by atoms with E-state index in [-0.39, 0.29) is 18.8 Å². The molecule has 122 valence electrons. The van der Waals surface area contributed by atoms with Gasteiger partial charge in [-0.25, -0.2) is 0 Å². The minimum absolute atomic E-state index is 0.0890. The van der Waals surface area contributed by atoms with E-state index in [0.717, 1.165) is 11.1 Å². The first-order chi connectivity index (χ1) is 11.1. The van der Waals surface area contributed by atoms with Crippen LogP contribution in [-0.2, 0) is 14.3 Å². The first-order valence-electron chi connectivity index (χ1n) is 7.74. The summed E-state index contributed by atoms with van der Waals surface area (Å²) in [5.74, 6) is -0.479. The van der Waals surface area contributed by atoms with Crippen LogP contribution in [0.3, 0.4) is 0 Å². The van der Waals surface area contributed by atoms with Crippen LogP contribution in [0.5, 0.6) is 0 Å². The van der Waals surface area contributed by atoms with Crippen molar-refractivity contribution in [3.05, 3.63) is 71.8 Å². The molecule has 0 saturated carbocycles. The molecule has 4 nitrogen and oxygen atoms in total. The van der Waals surface area contributed by atoms with E-state index in [1.165, 1.54) is 0 Å². The third kappa shape index (κ3) is 5.20. The van der Waals surface area contributed by atoms with Crippen LogP contribution in [0.1, 0.15) is 37.2 Å². The molecular weight excluding hydrogens is 290 g/mol. The zero-order valence-electron chi connectivity index (χ0n) is 13.5. The fourth-order valence-electron chi connectivity index (χ4n) is 2.24. The standard InChI is InChI=1S/C19H23NO3/c1-14(16-9-5-3-6-10-16)23-18(13-22-15(2)19(20)21)17-11-7-4-8-12-17/h3-12,14-15,18H,13H2,1-2H3,(H2,20,21). The van der Waals surface area contributed by atoms with Crippen LogP contribution in [0.2, 0.25) is 0 Å². The number of carbonyl (C=O) groups excluding carboxylic acids is 1. The summed E-state index contributed by atoms with van der Waals surface area (Å²) in [6, 6.07) is 19.8. The second kappa shape index (κ2) is 8.46. The van der Waals surface area contributed by atoms with Gasteiger partial charge >= 0.3 is 0 Å². The highest BCUT2D eigenvalue weighted by Crippen LogP contribution is 2.27. The Morgan fingerprint density at radius 3 is 2.00 bits per heavy atom. The Labute approximate surface area is 137 Å². The highest BCUT2D eigenvalue weighted by Gasteiger charge is 2.19. The molecule has 1 amide bonds. The second-order valence-electron chi connectivity index (χ2n) is 5.47. The number of hydrogen-bond acceptors (Lipinski definition) is 3. The van der Waals surface area contributed by atoms with Gasteiger partial charge in [0.05, 0.1) is 12.7 Å². The van der Waals surface area contributed by atoms with Crippen molar-refractivity contribution in [3.8, 4) is 0 Å². The molecule has 0 aliphatic heterocycles. The molecule has 0 bridgehead atoms. The summed E-state index contributed by atoms with van der Waals surface area (Å²) in [4.78, 5) is 11.1.